The number of nitrogens with one attached hydrogen (secondary N) is 1. The predicted octanol–water partition coefficient (Wildman–Crippen LogP) is -0.523. The maximum absolute atomic E-state index is 16.0. The van der Waals surface area contributed by atoms with Gasteiger partial charge in [-0.1, -0.05) is 5.92 Å². The molecule has 8 N–H and O–H groups in total. The summed E-state index contributed by atoms with van der Waals surface area (Å²) < 4.78 is 52.9. The van der Waals surface area contributed by atoms with Gasteiger partial charge in [0.15, 0.2) is 41.0 Å². The van der Waals surface area contributed by atoms with Crippen molar-refractivity contribution in [3.05, 3.63) is 35.3 Å². The number of fused-ring (bicyclic) bond motifs is 5. The summed E-state index contributed by atoms with van der Waals surface area (Å²) in [5.41, 5.74) is 9.48. The van der Waals surface area contributed by atoms with E-state index in [-0.39, 0.29) is 22.8 Å². The van der Waals surface area contributed by atoms with E-state index in [4.69, 9.17) is 69.1 Å². The molecule has 3 aliphatic heterocycles. The van der Waals surface area contributed by atoms with Gasteiger partial charge in [0.2, 0.25) is 5.95 Å². The van der Waals surface area contributed by atoms with Crippen molar-refractivity contribution in [1.29, 1.82) is 0 Å². The molecule has 3 aliphatic rings. The fourth-order valence-electron chi connectivity index (χ4n) is 5.56. The molecule has 3 fully saturated rings. The monoisotopic (exact) mass is 731 g/mol. The van der Waals surface area contributed by atoms with Gasteiger partial charge in [0.05, 0.1) is 31.6 Å². The van der Waals surface area contributed by atoms with Gasteiger partial charge in [0.1, 0.15) is 29.9 Å². The zero-order chi connectivity index (χ0) is 33.5. The number of aromatic nitrogens is 7. The molecule has 0 radical (unpaired) electrons. The van der Waals surface area contributed by atoms with E-state index in [1.165, 1.54) is 23.2 Å². The van der Waals surface area contributed by atoms with Crippen molar-refractivity contribution in [2.24, 2.45) is 0 Å². The number of aliphatic hydroxyl groups is 1. The molecule has 250 valence electrons. The Hall–Kier alpha value is -3.00. The Kier molecular flexibility index (Phi) is 8.00. The summed E-state index contributed by atoms with van der Waals surface area (Å²) >= 11 is 10.4. The summed E-state index contributed by atoms with van der Waals surface area (Å²) in [4.78, 5) is 53.5. The number of halogens is 1. The molecule has 19 nitrogen and oxygen atoms in total. The molecule has 0 aromatic carbocycles. The normalized spacial score (nSPS) is 38.0. The molecule has 3 saturated heterocycles. The highest BCUT2D eigenvalue weighted by Crippen LogP contribution is 2.56. The lowest BCUT2D eigenvalue weighted by atomic mass is 9.97. The Labute approximate surface area is 272 Å². The molecule has 2 unspecified atom stereocenters. The van der Waals surface area contributed by atoms with Gasteiger partial charge in [-0.15, -0.1) is 6.42 Å². The van der Waals surface area contributed by atoms with Gasteiger partial charge in [-0.05, 0) is 29.7 Å². The molecule has 7 rings (SSSR count). The van der Waals surface area contributed by atoms with Crippen LogP contribution in [0.3, 0.4) is 0 Å². The number of alkyl halides is 1. The number of aliphatic hydroxyl groups excluding tert-OH is 1. The Morgan fingerprint density at radius 2 is 1.79 bits per heavy atom. The Morgan fingerprint density at radius 3 is 2.53 bits per heavy atom. The molecule has 47 heavy (non-hydrogen) atoms. The van der Waals surface area contributed by atoms with E-state index in [1.807, 2.05) is 0 Å². The average molecular weight is 732 g/mol. The summed E-state index contributed by atoms with van der Waals surface area (Å²) in [6.45, 7) is -10.4. The van der Waals surface area contributed by atoms with E-state index < -0.39 is 80.9 Å². The SMILES string of the molecule is C#C[C@@]12COP(O)(=S)O[C@@H]3[C@@H](F)[C@@H](COP(O)(=S)O[C@H]1[C@@H](O)[C@@H](n1cnc4c(N)ccnc41)O2)O[C@H]3n1cnc2c(=O)[nH]c(N)nc21. The van der Waals surface area contributed by atoms with Gasteiger partial charge in [-0.2, -0.15) is 4.98 Å². The van der Waals surface area contributed by atoms with Crippen LogP contribution in [0.25, 0.3) is 22.3 Å². The van der Waals surface area contributed by atoms with E-state index in [2.05, 4.69) is 30.8 Å². The minimum atomic E-state index is -4.45. The fourth-order valence-corrected chi connectivity index (χ4v) is 8.40. The highest BCUT2D eigenvalue weighted by Gasteiger charge is 2.59. The van der Waals surface area contributed by atoms with E-state index in [0.29, 0.717) is 11.2 Å². The number of anilines is 2. The maximum atomic E-state index is 16.0. The van der Waals surface area contributed by atoms with Crippen LogP contribution in [0.1, 0.15) is 12.5 Å². The van der Waals surface area contributed by atoms with Crippen LogP contribution in [0, 0.1) is 12.3 Å². The third kappa shape index (κ3) is 5.56. The van der Waals surface area contributed by atoms with Gasteiger partial charge >= 0.3 is 13.4 Å². The third-order valence-electron chi connectivity index (χ3n) is 7.74. The number of rotatable bonds is 2. The lowest BCUT2D eigenvalue weighted by Gasteiger charge is -2.33. The van der Waals surface area contributed by atoms with Crippen LogP contribution < -0.4 is 17.0 Å². The van der Waals surface area contributed by atoms with Crippen molar-refractivity contribution >= 4 is 71.0 Å². The van der Waals surface area contributed by atoms with Crippen LogP contribution in [0.15, 0.2) is 29.7 Å². The molecule has 0 saturated carbocycles. The first-order valence-electron chi connectivity index (χ1n) is 13.5. The van der Waals surface area contributed by atoms with Gasteiger partial charge in [0, 0.05) is 6.20 Å². The molecule has 2 bridgehead atoms. The van der Waals surface area contributed by atoms with Crippen molar-refractivity contribution in [1.82, 2.24) is 34.1 Å². The molecule has 7 heterocycles. The standard InChI is InChI=1S/C23H24FN9O10P2S2/c1-2-23-6-39-45(37,47)42-15-11(24)10(40-21(15)33-8-29-13-18(33)30-22(26)31-19(13)35)5-38-44(36,46)43-16(23)14(34)20(41-23)32-7-28-12-9(25)3-4-27-17(12)32/h1,3-4,7-8,10-11,14-16,20-21,34H,5-6H2,(H2,25,27)(H,36,46)(H,37,47)(H3,26,30,31,35)/t10-,11+,14-,15-,16+,20+,21-,23-,44?,45?/m1/s1. The number of hydrogen-bond acceptors (Lipinski definition) is 16. The number of imidazole rings is 2. The van der Waals surface area contributed by atoms with E-state index in [9.17, 15) is 19.7 Å². The largest absolute Gasteiger partial charge is 0.397 e. The van der Waals surface area contributed by atoms with Crippen LogP contribution in [-0.2, 0) is 51.2 Å². The number of terminal acetylenes is 1. The lowest BCUT2D eigenvalue weighted by molar-refractivity contribution is -0.0912. The lowest BCUT2D eigenvalue weighted by Crippen LogP contribution is -2.47. The van der Waals surface area contributed by atoms with Gasteiger partial charge in [-0.25, -0.2) is 19.3 Å². The smallest absolute Gasteiger partial charge is 0.325 e. The highest BCUT2D eigenvalue weighted by atomic mass is 32.5. The maximum Gasteiger partial charge on any atom is 0.325 e. The minimum Gasteiger partial charge on any atom is -0.397 e. The first-order valence-corrected chi connectivity index (χ1v) is 18.6. The number of nitrogen functional groups attached to an aromatic ring is 2. The number of pyridine rings is 1. The average Bonchev–Trinajstić information content (AvgIpc) is 3.76. The summed E-state index contributed by atoms with van der Waals surface area (Å²) in [7, 11) is 0. The van der Waals surface area contributed by atoms with Crippen LogP contribution in [0.4, 0.5) is 16.0 Å². The second-order valence-electron chi connectivity index (χ2n) is 10.6. The highest BCUT2D eigenvalue weighted by molar-refractivity contribution is 8.07. The Morgan fingerprint density at radius 1 is 1.09 bits per heavy atom. The molecule has 24 heteroatoms. The van der Waals surface area contributed by atoms with E-state index in [1.54, 1.807) is 0 Å². The predicted molar refractivity (Wildman–Crippen MR) is 166 cm³/mol. The van der Waals surface area contributed by atoms with Gasteiger partial charge < -0.3 is 44.9 Å². The van der Waals surface area contributed by atoms with Crippen molar-refractivity contribution in [2.75, 3.05) is 24.7 Å². The third-order valence-corrected chi connectivity index (χ3v) is 10.8. The number of aromatic amines is 1. The fraction of sp³-hybridized carbons (Fsp3) is 0.435. The van der Waals surface area contributed by atoms with Gasteiger partial charge in [0.25, 0.3) is 5.56 Å². The van der Waals surface area contributed by atoms with Crippen LogP contribution in [-0.4, -0.2) is 98.3 Å². The van der Waals surface area contributed by atoms with Crippen molar-refractivity contribution in [3.63, 3.8) is 0 Å². The number of nitrogens with two attached hydrogens (primary N) is 2. The number of ether oxygens (including phenoxy) is 2. The van der Waals surface area contributed by atoms with Crippen LogP contribution in [0.5, 0.6) is 0 Å². The van der Waals surface area contributed by atoms with Crippen molar-refractivity contribution in [3.8, 4) is 12.3 Å². The summed E-state index contributed by atoms with van der Waals surface area (Å²) in [6, 6.07) is 1.53. The van der Waals surface area contributed by atoms with Crippen LogP contribution in [0.2, 0.25) is 0 Å². The second-order valence-corrected chi connectivity index (χ2v) is 16.2. The molecule has 0 amide bonds. The Bertz CT molecular complexity index is 2090. The van der Waals surface area contributed by atoms with Crippen molar-refractivity contribution < 1.29 is 46.9 Å². The molecule has 10 atom stereocenters. The summed E-state index contributed by atoms with van der Waals surface area (Å²) in [5, 5.41) is 11.5. The Balaban J connectivity index is 1.25. The topological polar surface area (TPSA) is 262 Å². The van der Waals surface area contributed by atoms with E-state index >= 15 is 4.39 Å². The van der Waals surface area contributed by atoms with E-state index in [0.717, 1.165) is 10.9 Å². The zero-order valence-corrected chi connectivity index (χ0v) is 26.9. The first-order chi connectivity index (χ1) is 22.2. The zero-order valence-electron chi connectivity index (χ0n) is 23.5. The molecular weight excluding hydrogens is 707 g/mol. The molecule has 4 aromatic heterocycles. The number of hydrogen-bond donors (Lipinski definition) is 6. The summed E-state index contributed by atoms with van der Waals surface area (Å²) in [5.74, 6) is 2.08. The molecule has 0 spiro atoms. The summed E-state index contributed by atoms with van der Waals surface area (Å²) in [6.07, 6.45) is -1.76. The van der Waals surface area contributed by atoms with Crippen molar-refractivity contribution in [2.45, 2.75) is 48.6 Å². The second kappa shape index (κ2) is 11.6. The number of H-pyrrole nitrogens is 1. The van der Waals surface area contributed by atoms with Gasteiger partial charge in [-0.3, -0.25) is 28.0 Å². The molecular formula is C23H24FN9O10P2S2. The quantitative estimate of drug-likeness (QED) is 0.112. The number of nitrogens with zero attached hydrogens (tertiary/aromatic N) is 6. The van der Waals surface area contributed by atoms with Crippen LogP contribution >= 0.6 is 13.4 Å². The minimum absolute atomic E-state index is 0.0979. The molecule has 4 aromatic rings. The first kappa shape index (κ1) is 32.5. The molecule has 0 aliphatic carbocycles.